The van der Waals surface area contributed by atoms with Gasteiger partial charge < -0.3 is 5.11 Å². The number of aromatic nitrogens is 2. The number of carbonyl (C=O) groups is 1. The van der Waals surface area contributed by atoms with Crippen molar-refractivity contribution in [2.75, 3.05) is 0 Å². The van der Waals surface area contributed by atoms with E-state index in [1.807, 2.05) is 0 Å². The summed E-state index contributed by atoms with van der Waals surface area (Å²) in [6.07, 6.45) is 6.08. The smallest absolute Gasteiger partial charge is 0.305 e. The van der Waals surface area contributed by atoms with Gasteiger partial charge in [0.1, 0.15) is 4.90 Å². The van der Waals surface area contributed by atoms with E-state index >= 15 is 0 Å². The molecule has 7 nitrogen and oxygen atoms in total. The number of nitrogens with zero attached hydrogens (tertiary/aromatic N) is 1. The maximum absolute atomic E-state index is 12.2. The van der Waals surface area contributed by atoms with E-state index in [1.54, 1.807) is 0 Å². The van der Waals surface area contributed by atoms with Crippen molar-refractivity contribution in [2.45, 2.75) is 49.0 Å². The van der Waals surface area contributed by atoms with Crippen LogP contribution in [0.4, 0.5) is 0 Å². The summed E-state index contributed by atoms with van der Waals surface area (Å²) in [5, 5.41) is 15.1. The van der Waals surface area contributed by atoms with Gasteiger partial charge in [-0.3, -0.25) is 9.89 Å². The van der Waals surface area contributed by atoms with Crippen LogP contribution >= 0.6 is 0 Å². The van der Waals surface area contributed by atoms with E-state index < -0.39 is 21.5 Å². The SMILES string of the molecule is O=C(O)CC1(NS(=O)(=O)c2cn[nH]c2)CCCCC1. The number of H-pyrrole nitrogens is 1. The second-order valence-corrected chi connectivity index (χ2v) is 6.63. The van der Waals surface area contributed by atoms with Gasteiger partial charge in [0.2, 0.25) is 10.0 Å². The van der Waals surface area contributed by atoms with Gasteiger partial charge in [-0.2, -0.15) is 5.10 Å². The number of hydrogen-bond acceptors (Lipinski definition) is 4. The summed E-state index contributed by atoms with van der Waals surface area (Å²) >= 11 is 0. The first-order valence-electron chi connectivity index (χ1n) is 6.18. The Morgan fingerprint density at radius 3 is 2.63 bits per heavy atom. The molecule has 0 radical (unpaired) electrons. The number of carboxylic acid groups (broad SMARTS) is 1. The summed E-state index contributed by atoms with van der Waals surface area (Å²) in [6.45, 7) is 0. The highest BCUT2D eigenvalue weighted by atomic mass is 32.2. The molecule has 1 saturated carbocycles. The zero-order valence-corrected chi connectivity index (χ0v) is 11.2. The zero-order valence-electron chi connectivity index (χ0n) is 10.4. The minimum Gasteiger partial charge on any atom is -0.481 e. The van der Waals surface area contributed by atoms with E-state index in [0.717, 1.165) is 19.3 Å². The van der Waals surface area contributed by atoms with Crippen molar-refractivity contribution in [1.29, 1.82) is 0 Å². The molecule has 3 N–H and O–H groups in total. The monoisotopic (exact) mass is 287 g/mol. The van der Waals surface area contributed by atoms with Crippen LogP contribution in [-0.2, 0) is 14.8 Å². The molecule has 0 saturated heterocycles. The molecule has 1 fully saturated rings. The second-order valence-electron chi connectivity index (χ2n) is 4.95. The predicted molar refractivity (Wildman–Crippen MR) is 67.0 cm³/mol. The lowest BCUT2D eigenvalue weighted by Crippen LogP contribution is -2.50. The van der Waals surface area contributed by atoms with Crippen LogP contribution in [0.5, 0.6) is 0 Å². The Balaban J connectivity index is 2.23. The molecule has 0 aromatic carbocycles. The Hall–Kier alpha value is -1.41. The molecule has 19 heavy (non-hydrogen) atoms. The van der Waals surface area contributed by atoms with Gasteiger partial charge in [-0.05, 0) is 12.8 Å². The third kappa shape index (κ3) is 3.32. The van der Waals surface area contributed by atoms with Crippen LogP contribution in [0.2, 0.25) is 0 Å². The quantitative estimate of drug-likeness (QED) is 0.743. The molecule has 0 aliphatic heterocycles. The van der Waals surface area contributed by atoms with E-state index in [9.17, 15) is 13.2 Å². The molecule has 0 unspecified atom stereocenters. The molecule has 106 valence electrons. The molecule has 1 aromatic heterocycles. The van der Waals surface area contributed by atoms with Crippen LogP contribution in [-0.4, -0.2) is 35.2 Å². The third-order valence-corrected chi connectivity index (χ3v) is 4.98. The fraction of sp³-hybridized carbons (Fsp3) is 0.636. The van der Waals surface area contributed by atoms with Crippen LogP contribution < -0.4 is 4.72 Å². The topological polar surface area (TPSA) is 112 Å². The van der Waals surface area contributed by atoms with Gasteiger partial charge in [-0.15, -0.1) is 0 Å². The summed E-state index contributed by atoms with van der Waals surface area (Å²) in [5.74, 6) is -0.989. The number of sulfonamides is 1. The zero-order chi connectivity index (χ0) is 13.9. The highest BCUT2D eigenvalue weighted by molar-refractivity contribution is 7.89. The van der Waals surface area contributed by atoms with Crippen molar-refractivity contribution < 1.29 is 18.3 Å². The number of aliphatic carboxylic acids is 1. The largest absolute Gasteiger partial charge is 0.481 e. The van der Waals surface area contributed by atoms with E-state index in [4.69, 9.17) is 5.11 Å². The maximum Gasteiger partial charge on any atom is 0.305 e. The number of rotatable bonds is 5. The minimum atomic E-state index is -3.73. The summed E-state index contributed by atoms with van der Waals surface area (Å²) in [7, 11) is -3.73. The molecule has 0 amide bonds. The van der Waals surface area contributed by atoms with Crippen LogP contribution in [0.25, 0.3) is 0 Å². The molecule has 8 heteroatoms. The van der Waals surface area contributed by atoms with Crippen molar-refractivity contribution in [3.8, 4) is 0 Å². The molecule has 1 aromatic rings. The number of carboxylic acids is 1. The number of nitrogens with one attached hydrogen (secondary N) is 2. The molecule has 0 bridgehead atoms. The molecule has 1 aliphatic rings. The molecular weight excluding hydrogens is 270 g/mol. The Morgan fingerprint density at radius 1 is 1.42 bits per heavy atom. The van der Waals surface area contributed by atoms with Gasteiger partial charge in [-0.1, -0.05) is 19.3 Å². The van der Waals surface area contributed by atoms with Gasteiger partial charge in [0.15, 0.2) is 0 Å². The van der Waals surface area contributed by atoms with Gasteiger partial charge in [0.25, 0.3) is 0 Å². The van der Waals surface area contributed by atoms with E-state index in [0.29, 0.717) is 12.8 Å². The summed E-state index contributed by atoms with van der Waals surface area (Å²) in [4.78, 5) is 11.0. The summed E-state index contributed by atoms with van der Waals surface area (Å²) in [5.41, 5.74) is -0.875. The first-order valence-corrected chi connectivity index (χ1v) is 7.66. The van der Waals surface area contributed by atoms with Crippen LogP contribution in [0.3, 0.4) is 0 Å². The van der Waals surface area contributed by atoms with E-state index in [-0.39, 0.29) is 11.3 Å². The molecular formula is C11H17N3O4S. The lowest BCUT2D eigenvalue weighted by molar-refractivity contribution is -0.138. The predicted octanol–water partition coefficient (Wildman–Crippen LogP) is 0.866. The average Bonchev–Trinajstić information content (AvgIpc) is 2.81. The Labute approximate surface area is 111 Å². The van der Waals surface area contributed by atoms with Gasteiger partial charge in [-0.25, -0.2) is 13.1 Å². The van der Waals surface area contributed by atoms with Gasteiger partial charge in [0, 0.05) is 11.7 Å². The number of aromatic amines is 1. The van der Waals surface area contributed by atoms with Crippen LogP contribution in [0.15, 0.2) is 17.3 Å². The average molecular weight is 287 g/mol. The normalized spacial score (nSPS) is 19.2. The standard InChI is InChI=1S/C11H17N3O4S/c15-10(16)6-11(4-2-1-3-5-11)14-19(17,18)9-7-12-13-8-9/h7-8,14H,1-6H2,(H,12,13)(H,15,16). The Morgan fingerprint density at radius 2 is 2.11 bits per heavy atom. The number of hydrogen-bond donors (Lipinski definition) is 3. The fourth-order valence-electron chi connectivity index (χ4n) is 2.56. The van der Waals surface area contributed by atoms with E-state index in [1.165, 1.54) is 12.4 Å². The third-order valence-electron chi connectivity index (χ3n) is 3.43. The van der Waals surface area contributed by atoms with Gasteiger partial charge in [0.05, 0.1) is 12.6 Å². The van der Waals surface area contributed by atoms with Crippen molar-refractivity contribution >= 4 is 16.0 Å². The van der Waals surface area contributed by atoms with Gasteiger partial charge >= 0.3 is 5.97 Å². The molecule has 2 rings (SSSR count). The first kappa shape index (κ1) is 14.0. The first-order chi connectivity index (χ1) is 8.94. The van der Waals surface area contributed by atoms with Crippen LogP contribution in [0, 0.1) is 0 Å². The summed E-state index contributed by atoms with van der Waals surface area (Å²) in [6, 6.07) is 0. The van der Waals surface area contributed by atoms with Crippen molar-refractivity contribution in [1.82, 2.24) is 14.9 Å². The van der Waals surface area contributed by atoms with Crippen LogP contribution in [0.1, 0.15) is 38.5 Å². The Bertz CT molecular complexity index is 532. The van der Waals surface area contributed by atoms with Crippen molar-refractivity contribution in [3.63, 3.8) is 0 Å². The lowest BCUT2D eigenvalue weighted by atomic mass is 9.80. The highest BCUT2D eigenvalue weighted by Crippen LogP contribution is 2.32. The summed E-state index contributed by atoms with van der Waals surface area (Å²) < 4.78 is 26.9. The van der Waals surface area contributed by atoms with Crippen molar-refractivity contribution in [3.05, 3.63) is 12.4 Å². The molecule has 0 atom stereocenters. The lowest BCUT2D eigenvalue weighted by Gasteiger charge is -2.36. The second kappa shape index (κ2) is 5.30. The Kier molecular flexibility index (Phi) is 3.91. The fourth-order valence-corrected chi connectivity index (χ4v) is 3.93. The highest BCUT2D eigenvalue weighted by Gasteiger charge is 2.38. The molecule has 1 aliphatic carbocycles. The molecule has 0 spiro atoms. The maximum atomic E-state index is 12.2. The molecule has 1 heterocycles. The van der Waals surface area contributed by atoms with Crippen molar-refractivity contribution in [2.24, 2.45) is 0 Å². The minimum absolute atomic E-state index is 0.0304. The van der Waals surface area contributed by atoms with E-state index in [2.05, 4.69) is 14.9 Å².